The third kappa shape index (κ3) is 2.61. The fourth-order valence-corrected chi connectivity index (χ4v) is 1.49. The van der Waals surface area contributed by atoms with E-state index in [1.54, 1.807) is 0 Å². The lowest BCUT2D eigenvalue weighted by Gasteiger charge is -2.16. The van der Waals surface area contributed by atoms with Crippen LogP contribution >= 0.6 is 0 Å². The third-order valence-electron chi connectivity index (χ3n) is 2.51. The summed E-state index contributed by atoms with van der Waals surface area (Å²) >= 11 is 0. The second kappa shape index (κ2) is 4.63. The largest absolute Gasteiger partial charge is 0.372 e. The SMILES string of the molecule is C=C(CC)COC1CCCC1N. The van der Waals surface area contributed by atoms with Crippen molar-refractivity contribution in [3.8, 4) is 0 Å². The quantitative estimate of drug-likeness (QED) is 0.652. The number of rotatable bonds is 4. The summed E-state index contributed by atoms with van der Waals surface area (Å²) in [6, 6.07) is 0.259. The molecule has 0 spiro atoms. The Labute approximate surface area is 74.8 Å². The fraction of sp³-hybridized carbons (Fsp3) is 0.800. The smallest absolute Gasteiger partial charge is 0.0730 e. The molecule has 0 aromatic carbocycles. The molecule has 1 saturated carbocycles. The summed E-state index contributed by atoms with van der Waals surface area (Å²) in [6.07, 6.45) is 4.74. The highest BCUT2D eigenvalue weighted by molar-refractivity contribution is 4.93. The summed E-state index contributed by atoms with van der Waals surface area (Å²) in [6.45, 7) is 6.68. The van der Waals surface area contributed by atoms with Crippen LogP contribution in [0.1, 0.15) is 32.6 Å². The molecule has 0 aromatic rings. The summed E-state index contributed by atoms with van der Waals surface area (Å²) in [5, 5.41) is 0. The van der Waals surface area contributed by atoms with Crippen molar-refractivity contribution in [3.63, 3.8) is 0 Å². The number of hydrogen-bond acceptors (Lipinski definition) is 2. The standard InChI is InChI=1S/C10H19NO/c1-3-8(2)7-12-10-6-4-5-9(10)11/h9-10H,2-7,11H2,1H3. The van der Waals surface area contributed by atoms with E-state index < -0.39 is 0 Å². The normalized spacial score (nSPS) is 29.2. The van der Waals surface area contributed by atoms with Gasteiger partial charge in [0, 0.05) is 6.04 Å². The van der Waals surface area contributed by atoms with E-state index in [1.807, 2.05) is 0 Å². The molecule has 2 atom stereocenters. The van der Waals surface area contributed by atoms with Crippen molar-refractivity contribution in [2.24, 2.45) is 5.73 Å². The number of hydrogen-bond donors (Lipinski definition) is 1. The zero-order valence-electron chi connectivity index (χ0n) is 7.88. The molecular weight excluding hydrogens is 150 g/mol. The second-order valence-electron chi connectivity index (χ2n) is 3.55. The lowest BCUT2D eigenvalue weighted by Crippen LogP contribution is -2.31. The third-order valence-corrected chi connectivity index (χ3v) is 2.51. The first-order valence-corrected chi connectivity index (χ1v) is 4.78. The molecule has 2 nitrogen and oxygen atoms in total. The van der Waals surface area contributed by atoms with Crippen LogP contribution in [0.25, 0.3) is 0 Å². The Morgan fingerprint density at radius 3 is 2.83 bits per heavy atom. The van der Waals surface area contributed by atoms with E-state index in [0.717, 1.165) is 24.8 Å². The topological polar surface area (TPSA) is 35.2 Å². The maximum atomic E-state index is 5.85. The highest BCUT2D eigenvalue weighted by Gasteiger charge is 2.24. The van der Waals surface area contributed by atoms with Crippen molar-refractivity contribution in [1.29, 1.82) is 0 Å². The van der Waals surface area contributed by atoms with Crippen LogP contribution in [-0.2, 0) is 4.74 Å². The monoisotopic (exact) mass is 169 g/mol. The van der Waals surface area contributed by atoms with Gasteiger partial charge < -0.3 is 10.5 Å². The minimum atomic E-state index is 0.259. The van der Waals surface area contributed by atoms with Gasteiger partial charge in [-0.15, -0.1) is 0 Å². The van der Waals surface area contributed by atoms with Gasteiger partial charge in [0.25, 0.3) is 0 Å². The van der Waals surface area contributed by atoms with E-state index in [2.05, 4.69) is 13.5 Å². The van der Waals surface area contributed by atoms with E-state index in [-0.39, 0.29) is 12.1 Å². The average Bonchev–Trinajstić information content (AvgIpc) is 2.47. The van der Waals surface area contributed by atoms with Crippen molar-refractivity contribution in [2.75, 3.05) is 6.61 Å². The Morgan fingerprint density at radius 2 is 2.33 bits per heavy atom. The van der Waals surface area contributed by atoms with Crippen LogP contribution in [0.15, 0.2) is 12.2 Å². The summed E-state index contributed by atoms with van der Waals surface area (Å²) in [5.74, 6) is 0. The van der Waals surface area contributed by atoms with Crippen molar-refractivity contribution < 1.29 is 4.74 Å². The first-order valence-electron chi connectivity index (χ1n) is 4.78. The van der Waals surface area contributed by atoms with Crippen LogP contribution < -0.4 is 5.73 Å². The van der Waals surface area contributed by atoms with Gasteiger partial charge in [-0.2, -0.15) is 0 Å². The minimum absolute atomic E-state index is 0.259. The van der Waals surface area contributed by atoms with Crippen molar-refractivity contribution >= 4 is 0 Å². The fourth-order valence-electron chi connectivity index (χ4n) is 1.49. The van der Waals surface area contributed by atoms with Crippen LogP contribution in [0.2, 0.25) is 0 Å². The maximum absolute atomic E-state index is 5.85. The summed E-state index contributed by atoms with van der Waals surface area (Å²) in [5.41, 5.74) is 7.01. The lowest BCUT2D eigenvalue weighted by molar-refractivity contribution is 0.0633. The molecular formula is C10H19NO. The molecule has 0 amide bonds. The second-order valence-corrected chi connectivity index (χ2v) is 3.55. The number of ether oxygens (including phenoxy) is 1. The van der Waals surface area contributed by atoms with Gasteiger partial charge in [-0.1, -0.05) is 19.1 Å². The molecule has 2 N–H and O–H groups in total. The van der Waals surface area contributed by atoms with Gasteiger partial charge in [0.1, 0.15) is 0 Å². The summed E-state index contributed by atoms with van der Waals surface area (Å²) in [4.78, 5) is 0. The molecule has 0 saturated heterocycles. The van der Waals surface area contributed by atoms with Crippen molar-refractivity contribution in [1.82, 2.24) is 0 Å². The highest BCUT2D eigenvalue weighted by atomic mass is 16.5. The lowest BCUT2D eigenvalue weighted by atomic mass is 10.2. The first-order chi connectivity index (χ1) is 5.74. The first kappa shape index (κ1) is 9.75. The van der Waals surface area contributed by atoms with Gasteiger partial charge >= 0.3 is 0 Å². The van der Waals surface area contributed by atoms with Crippen LogP contribution in [0.5, 0.6) is 0 Å². The Hall–Kier alpha value is -0.340. The van der Waals surface area contributed by atoms with Gasteiger partial charge in [0.05, 0.1) is 12.7 Å². The molecule has 1 aliphatic carbocycles. The predicted octanol–water partition coefficient (Wildman–Crippen LogP) is 1.85. The van der Waals surface area contributed by atoms with E-state index in [0.29, 0.717) is 6.61 Å². The molecule has 1 aliphatic rings. The molecule has 1 fully saturated rings. The minimum Gasteiger partial charge on any atom is -0.372 e. The van der Waals surface area contributed by atoms with Gasteiger partial charge in [-0.25, -0.2) is 0 Å². The van der Waals surface area contributed by atoms with Crippen LogP contribution in [0.3, 0.4) is 0 Å². The van der Waals surface area contributed by atoms with E-state index in [4.69, 9.17) is 10.5 Å². The Balaban J connectivity index is 2.18. The zero-order chi connectivity index (χ0) is 8.97. The Kier molecular flexibility index (Phi) is 3.76. The highest BCUT2D eigenvalue weighted by Crippen LogP contribution is 2.20. The molecule has 12 heavy (non-hydrogen) atoms. The molecule has 2 unspecified atom stereocenters. The summed E-state index contributed by atoms with van der Waals surface area (Å²) < 4.78 is 5.64. The molecule has 1 rings (SSSR count). The molecule has 0 bridgehead atoms. The van der Waals surface area contributed by atoms with Crippen molar-refractivity contribution in [3.05, 3.63) is 12.2 Å². The molecule has 0 heterocycles. The average molecular weight is 169 g/mol. The molecule has 0 aliphatic heterocycles. The zero-order valence-corrected chi connectivity index (χ0v) is 7.88. The van der Waals surface area contributed by atoms with E-state index in [9.17, 15) is 0 Å². The summed E-state index contributed by atoms with van der Waals surface area (Å²) in [7, 11) is 0. The van der Waals surface area contributed by atoms with Crippen molar-refractivity contribution in [2.45, 2.75) is 44.8 Å². The van der Waals surface area contributed by atoms with Gasteiger partial charge in [0.15, 0.2) is 0 Å². The molecule has 2 heteroatoms. The maximum Gasteiger partial charge on any atom is 0.0730 e. The van der Waals surface area contributed by atoms with Gasteiger partial charge in [-0.05, 0) is 25.7 Å². The van der Waals surface area contributed by atoms with E-state index in [1.165, 1.54) is 6.42 Å². The number of nitrogens with two attached hydrogens (primary N) is 1. The van der Waals surface area contributed by atoms with E-state index >= 15 is 0 Å². The van der Waals surface area contributed by atoms with Gasteiger partial charge in [0.2, 0.25) is 0 Å². The van der Waals surface area contributed by atoms with Crippen LogP contribution in [0.4, 0.5) is 0 Å². The van der Waals surface area contributed by atoms with Crippen LogP contribution in [-0.4, -0.2) is 18.8 Å². The molecule has 70 valence electrons. The van der Waals surface area contributed by atoms with Crippen LogP contribution in [0, 0.1) is 0 Å². The predicted molar refractivity (Wildman–Crippen MR) is 51.0 cm³/mol. The Morgan fingerprint density at radius 1 is 1.58 bits per heavy atom. The molecule has 0 radical (unpaired) electrons. The Bertz CT molecular complexity index is 156. The van der Waals surface area contributed by atoms with Gasteiger partial charge in [-0.3, -0.25) is 0 Å². The molecule has 0 aromatic heterocycles.